The summed E-state index contributed by atoms with van der Waals surface area (Å²) in [6, 6.07) is 4.10. The first kappa shape index (κ1) is 19.0. The van der Waals surface area contributed by atoms with Crippen LogP contribution in [0.15, 0.2) is 24.5 Å². The highest BCUT2D eigenvalue weighted by atomic mass is 16.1. The van der Waals surface area contributed by atoms with Gasteiger partial charge >= 0.3 is 0 Å². The highest BCUT2D eigenvalue weighted by Gasteiger charge is 2.56. The van der Waals surface area contributed by atoms with Crippen LogP contribution < -0.4 is 4.90 Å². The van der Waals surface area contributed by atoms with Gasteiger partial charge in [0.25, 0.3) is 0 Å². The Labute approximate surface area is 167 Å². The molecule has 0 amide bonds. The van der Waals surface area contributed by atoms with Crippen molar-refractivity contribution >= 4 is 11.6 Å². The van der Waals surface area contributed by atoms with E-state index in [2.05, 4.69) is 20.9 Å². The third kappa shape index (κ3) is 3.43. The first-order valence-electron chi connectivity index (χ1n) is 10.4. The van der Waals surface area contributed by atoms with Crippen molar-refractivity contribution in [1.29, 1.82) is 0 Å². The van der Waals surface area contributed by atoms with Gasteiger partial charge in [0, 0.05) is 30.3 Å². The maximum Gasteiger partial charge on any atom is 0.150 e. The molecule has 1 saturated heterocycles. The van der Waals surface area contributed by atoms with E-state index in [0.717, 1.165) is 54.4 Å². The van der Waals surface area contributed by atoms with Gasteiger partial charge in [0.05, 0.1) is 28.7 Å². The summed E-state index contributed by atoms with van der Waals surface area (Å²) in [6.07, 6.45) is 9.16. The van der Waals surface area contributed by atoms with Gasteiger partial charge < -0.3 is 4.90 Å². The normalized spacial score (nSPS) is 18.8. The van der Waals surface area contributed by atoms with Crippen LogP contribution in [0.4, 0.5) is 5.82 Å². The van der Waals surface area contributed by atoms with E-state index in [1.54, 1.807) is 0 Å². The monoisotopic (exact) mass is 378 g/mol. The van der Waals surface area contributed by atoms with E-state index in [9.17, 15) is 4.79 Å². The van der Waals surface area contributed by atoms with Gasteiger partial charge in [0.1, 0.15) is 11.6 Å². The SMILES string of the molecule is Cc1ncc(-c2ccnc(N3CCCCC3)c2)nc1C1(C(=O)C(C)(C)C)CC1. The summed E-state index contributed by atoms with van der Waals surface area (Å²) in [6.45, 7) is 10.1. The van der Waals surface area contributed by atoms with E-state index in [-0.39, 0.29) is 11.2 Å². The van der Waals surface area contributed by atoms with Crippen molar-refractivity contribution in [2.45, 2.75) is 65.2 Å². The first-order valence-corrected chi connectivity index (χ1v) is 10.4. The molecule has 5 nitrogen and oxygen atoms in total. The number of carbonyl (C=O) groups excluding carboxylic acids is 1. The number of carbonyl (C=O) groups is 1. The lowest BCUT2D eigenvalue weighted by molar-refractivity contribution is -0.129. The van der Waals surface area contributed by atoms with Gasteiger partial charge in [0.2, 0.25) is 0 Å². The number of ketones is 1. The number of Topliss-reactive ketones (excluding diaryl/α,β-unsaturated/α-hetero) is 1. The Kier molecular flexibility index (Phi) is 4.72. The van der Waals surface area contributed by atoms with E-state index in [1.807, 2.05) is 46.2 Å². The Hall–Kier alpha value is -2.30. The van der Waals surface area contributed by atoms with Crippen molar-refractivity contribution in [3.63, 3.8) is 0 Å². The zero-order chi connectivity index (χ0) is 19.9. The number of hydrogen-bond donors (Lipinski definition) is 0. The van der Waals surface area contributed by atoms with Gasteiger partial charge in [-0.2, -0.15) is 0 Å². The second kappa shape index (κ2) is 6.94. The van der Waals surface area contributed by atoms with Crippen molar-refractivity contribution < 1.29 is 4.79 Å². The molecule has 0 spiro atoms. The second-order valence-electron chi connectivity index (χ2n) is 9.30. The highest BCUT2D eigenvalue weighted by molar-refractivity contribution is 5.96. The van der Waals surface area contributed by atoms with Crippen LogP contribution in [0.1, 0.15) is 64.3 Å². The third-order valence-electron chi connectivity index (χ3n) is 6.00. The van der Waals surface area contributed by atoms with Crippen LogP contribution in [0.3, 0.4) is 0 Å². The molecule has 0 radical (unpaired) electrons. The van der Waals surface area contributed by atoms with Gasteiger partial charge in [-0.15, -0.1) is 0 Å². The highest BCUT2D eigenvalue weighted by Crippen LogP contribution is 2.52. The lowest BCUT2D eigenvalue weighted by Crippen LogP contribution is -2.34. The van der Waals surface area contributed by atoms with Crippen LogP contribution in [-0.4, -0.2) is 33.8 Å². The fraction of sp³-hybridized carbons (Fsp3) is 0.565. The molecule has 0 unspecified atom stereocenters. The molecule has 2 fully saturated rings. The first-order chi connectivity index (χ1) is 13.3. The fourth-order valence-electron chi connectivity index (χ4n) is 4.33. The van der Waals surface area contributed by atoms with Crippen molar-refractivity contribution in [3.8, 4) is 11.3 Å². The van der Waals surface area contributed by atoms with Crippen LogP contribution in [0.5, 0.6) is 0 Å². The molecule has 1 saturated carbocycles. The fourth-order valence-corrected chi connectivity index (χ4v) is 4.33. The summed E-state index contributed by atoms with van der Waals surface area (Å²) in [5.41, 5.74) is 2.75. The summed E-state index contributed by atoms with van der Waals surface area (Å²) in [4.78, 5) is 29.6. The second-order valence-corrected chi connectivity index (χ2v) is 9.30. The predicted octanol–water partition coefficient (Wildman–Crippen LogP) is 4.48. The Balaban J connectivity index is 1.69. The lowest BCUT2D eigenvalue weighted by Gasteiger charge is -2.28. The maximum atomic E-state index is 13.1. The van der Waals surface area contributed by atoms with Crippen LogP contribution in [0, 0.1) is 12.3 Å². The minimum Gasteiger partial charge on any atom is -0.357 e. The molecule has 0 bridgehead atoms. The van der Waals surface area contributed by atoms with Gasteiger partial charge in [-0.1, -0.05) is 20.8 Å². The number of anilines is 1. The van der Waals surface area contributed by atoms with Crippen LogP contribution in [0.25, 0.3) is 11.3 Å². The Morgan fingerprint density at radius 2 is 1.82 bits per heavy atom. The quantitative estimate of drug-likeness (QED) is 0.785. The van der Waals surface area contributed by atoms with Gasteiger partial charge in [-0.3, -0.25) is 9.78 Å². The van der Waals surface area contributed by atoms with E-state index in [0.29, 0.717) is 0 Å². The zero-order valence-corrected chi connectivity index (χ0v) is 17.5. The standard InChI is InChI=1S/C23H30N4O/c1-16-20(23(9-10-23)21(28)22(2,3)4)26-18(15-25-16)17-8-11-24-19(14-17)27-12-6-5-7-13-27/h8,11,14-15H,5-7,9-10,12-13H2,1-4H3. The molecule has 0 atom stereocenters. The Bertz CT molecular complexity index is 890. The number of piperidine rings is 1. The molecule has 0 N–H and O–H groups in total. The Morgan fingerprint density at radius 1 is 1.11 bits per heavy atom. The molecule has 2 aliphatic rings. The van der Waals surface area contributed by atoms with Crippen molar-refractivity contribution in [3.05, 3.63) is 35.9 Å². The third-order valence-corrected chi connectivity index (χ3v) is 6.00. The summed E-state index contributed by atoms with van der Waals surface area (Å²) in [7, 11) is 0. The number of pyridine rings is 1. The molecule has 5 heteroatoms. The van der Waals surface area contributed by atoms with Crippen molar-refractivity contribution in [2.24, 2.45) is 5.41 Å². The van der Waals surface area contributed by atoms with E-state index < -0.39 is 5.41 Å². The predicted molar refractivity (Wildman–Crippen MR) is 111 cm³/mol. The largest absolute Gasteiger partial charge is 0.357 e. The number of hydrogen-bond acceptors (Lipinski definition) is 5. The molecule has 2 aromatic rings. The average molecular weight is 379 g/mol. The molecule has 2 aromatic heterocycles. The van der Waals surface area contributed by atoms with Crippen molar-refractivity contribution in [1.82, 2.24) is 15.0 Å². The molecule has 0 aromatic carbocycles. The van der Waals surface area contributed by atoms with Crippen LogP contribution >= 0.6 is 0 Å². The molecule has 1 aliphatic heterocycles. The number of aromatic nitrogens is 3. The molecular formula is C23H30N4O. The molecule has 148 valence electrons. The van der Waals surface area contributed by atoms with E-state index >= 15 is 0 Å². The Morgan fingerprint density at radius 3 is 2.46 bits per heavy atom. The minimum absolute atomic E-state index is 0.276. The summed E-state index contributed by atoms with van der Waals surface area (Å²) in [5.74, 6) is 1.28. The topological polar surface area (TPSA) is 59.0 Å². The van der Waals surface area contributed by atoms with Crippen LogP contribution in [0.2, 0.25) is 0 Å². The summed E-state index contributed by atoms with van der Waals surface area (Å²) >= 11 is 0. The smallest absolute Gasteiger partial charge is 0.150 e. The lowest BCUT2D eigenvalue weighted by atomic mass is 9.79. The molecule has 1 aliphatic carbocycles. The van der Waals surface area contributed by atoms with Crippen molar-refractivity contribution in [2.75, 3.05) is 18.0 Å². The molecule has 4 rings (SSSR count). The summed E-state index contributed by atoms with van der Waals surface area (Å²) < 4.78 is 0. The molecular weight excluding hydrogens is 348 g/mol. The van der Waals surface area contributed by atoms with E-state index in [1.165, 1.54) is 19.3 Å². The summed E-state index contributed by atoms with van der Waals surface area (Å²) in [5, 5.41) is 0. The number of nitrogens with zero attached hydrogens (tertiary/aromatic N) is 4. The minimum atomic E-state index is -0.450. The number of aryl methyl sites for hydroxylation is 1. The van der Waals surface area contributed by atoms with Gasteiger partial charge in [-0.05, 0) is 51.2 Å². The van der Waals surface area contributed by atoms with E-state index in [4.69, 9.17) is 4.98 Å². The molecule has 28 heavy (non-hydrogen) atoms. The molecule has 3 heterocycles. The number of rotatable bonds is 4. The van der Waals surface area contributed by atoms with Crippen LogP contribution in [-0.2, 0) is 10.2 Å². The zero-order valence-electron chi connectivity index (χ0n) is 17.5. The maximum absolute atomic E-state index is 13.1. The van der Waals surface area contributed by atoms with Gasteiger partial charge in [-0.25, -0.2) is 9.97 Å². The average Bonchev–Trinajstić information content (AvgIpc) is 3.49. The van der Waals surface area contributed by atoms with Gasteiger partial charge in [0.15, 0.2) is 0 Å².